The van der Waals surface area contributed by atoms with Gasteiger partial charge >= 0.3 is 0 Å². The number of aryl methyl sites for hydroxylation is 1. The van der Waals surface area contributed by atoms with Crippen LogP contribution in [0, 0.1) is 6.92 Å². The average molecular weight is 275 g/mol. The van der Waals surface area contributed by atoms with E-state index in [1.165, 1.54) is 17.0 Å². The summed E-state index contributed by atoms with van der Waals surface area (Å²) in [5, 5.41) is 0.872. The van der Waals surface area contributed by atoms with Crippen molar-refractivity contribution in [2.75, 3.05) is 12.8 Å². The van der Waals surface area contributed by atoms with E-state index in [9.17, 15) is 0 Å². The van der Waals surface area contributed by atoms with Gasteiger partial charge in [0, 0.05) is 49.7 Å². The predicted molar refractivity (Wildman–Crippen MR) is 75.0 cm³/mol. The first kappa shape index (κ1) is 12.6. The number of rotatable bonds is 3. The second kappa shape index (κ2) is 5.30. The van der Waals surface area contributed by atoms with Gasteiger partial charge in [0.25, 0.3) is 0 Å². The number of fused-ring (bicyclic) bond motifs is 1. The fourth-order valence-corrected chi connectivity index (χ4v) is 2.74. The van der Waals surface area contributed by atoms with Crippen LogP contribution in [0.15, 0.2) is 17.6 Å². The molecular weight excluding hydrogens is 258 g/mol. The maximum atomic E-state index is 4.58. The van der Waals surface area contributed by atoms with Crippen LogP contribution in [0.4, 0.5) is 0 Å². The van der Waals surface area contributed by atoms with E-state index in [0.29, 0.717) is 0 Å². The normalized spacial score (nSPS) is 15.5. The summed E-state index contributed by atoms with van der Waals surface area (Å²) in [5.74, 6) is 0.973. The third kappa shape index (κ3) is 2.79. The zero-order chi connectivity index (χ0) is 13.2. The van der Waals surface area contributed by atoms with Crippen LogP contribution in [-0.4, -0.2) is 37.6 Å². The summed E-state index contributed by atoms with van der Waals surface area (Å²) in [6, 6.07) is 0. The Balaban J connectivity index is 1.71. The zero-order valence-electron chi connectivity index (χ0n) is 11.2. The number of aromatic amines is 1. The van der Waals surface area contributed by atoms with E-state index in [4.69, 9.17) is 0 Å². The molecule has 0 unspecified atom stereocenters. The fourth-order valence-electron chi connectivity index (χ4n) is 2.38. The molecule has 0 atom stereocenters. The Morgan fingerprint density at radius 1 is 1.37 bits per heavy atom. The minimum atomic E-state index is 0.872. The first-order valence-electron chi connectivity index (χ1n) is 6.36. The van der Waals surface area contributed by atoms with Crippen molar-refractivity contribution < 1.29 is 0 Å². The first-order valence-corrected chi connectivity index (χ1v) is 7.58. The Morgan fingerprint density at radius 3 is 3.00 bits per heavy atom. The Bertz CT molecular complexity index is 580. The van der Waals surface area contributed by atoms with E-state index in [-0.39, 0.29) is 0 Å². The molecule has 3 rings (SSSR count). The van der Waals surface area contributed by atoms with E-state index in [0.717, 1.165) is 37.0 Å². The smallest absolute Gasteiger partial charge is 0.187 e. The molecule has 0 bridgehead atoms. The van der Waals surface area contributed by atoms with Crippen molar-refractivity contribution in [1.82, 2.24) is 24.8 Å². The van der Waals surface area contributed by atoms with Crippen LogP contribution < -0.4 is 0 Å². The molecule has 19 heavy (non-hydrogen) atoms. The summed E-state index contributed by atoms with van der Waals surface area (Å²) < 4.78 is 0. The molecule has 0 saturated heterocycles. The molecule has 2 aromatic rings. The van der Waals surface area contributed by atoms with Gasteiger partial charge in [-0.2, -0.15) is 0 Å². The van der Waals surface area contributed by atoms with Crippen LogP contribution in [0.2, 0.25) is 0 Å². The molecule has 1 N–H and O–H groups in total. The largest absolute Gasteiger partial charge is 0.345 e. The van der Waals surface area contributed by atoms with E-state index >= 15 is 0 Å². The maximum Gasteiger partial charge on any atom is 0.187 e. The number of nitrogens with one attached hydrogen (secondary N) is 1. The van der Waals surface area contributed by atoms with Gasteiger partial charge in [-0.15, -0.1) is 0 Å². The number of imidazole rings is 1. The van der Waals surface area contributed by atoms with Crippen LogP contribution in [0.5, 0.6) is 0 Å². The second-order valence-electron chi connectivity index (χ2n) is 4.78. The lowest BCUT2D eigenvalue weighted by Crippen LogP contribution is -2.31. The highest BCUT2D eigenvalue weighted by Gasteiger charge is 2.18. The summed E-state index contributed by atoms with van der Waals surface area (Å²) in [6.07, 6.45) is 6.90. The summed E-state index contributed by atoms with van der Waals surface area (Å²) in [6.45, 7) is 4.84. The van der Waals surface area contributed by atoms with Crippen molar-refractivity contribution in [3.63, 3.8) is 0 Å². The van der Waals surface area contributed by atoms with E-state index in [1.807, 2.05) is 25.6 Å². The molecule has 3 heterocycles. The van der Waals surface area contributed by atoms with Crippen molar-refractivity contribution in [1.29, 1.82) is 0 Å². The fraction of sp³-hybridized carbons (Fsp3) is 0.462. The van der Waals surface area contributed by atoms with Crippen molar-refractivity contribution in [2.24, 2.45) is 0 Å². The Hall–Kier alpha value is -1.40. The lowest BCUT2D eigenvalue weighted by atomic mass is 10.1. The molecule has 6 heteroatoms. The molecule has 1 aliphatic heterocycles. The molecule has 0 aromatic carbocycles. The number of hydrogen-bond donors (Lipinski definition) is 1. The van der Waals surface area contributed by atoms with Gasteiger partial charge in [-0.05, 0) is 13.2 Å². The van der Waals surface area contributed by atoms with Gasteiger partial charge in [0.05, 0.1) is 5.69 Å². The van der Waals surface area contributed by atoms with E-state index in [2.05, 4.69) is 24.8 Å². The van der Waals surface area contributed by atoms with Crippen molar-refractivity contribution in [3.8, 4) is 0 Å². The van der Waals surface area contributed by atoms with Gasteiger partial charge in [-0.25, -0.2) is 15.0 Å². The SMILES string of the molecule is CSc1ncc2c(n1)CCN(Cc1cnc(C)[nH]1)C2. The van der Waals surface area contributed by atoms with Crippen LogP contribution in [-0.2, 0) is 19.5 Å². The van der Waals surface area contributed by atoms with E-state index < -0.39 is 0 Å². The first-order chi connectivity index (χ1) is 9.24. The quantitative estimate of drug-likeness (QED) is 0.683. The molecule has 2 aromatic heterocycles. The van der Waals surface area contributed by atoms with Gasteiger partial charge in [0.15, 0.2) is 5.16 Å². The van der Waals surface area contributed by atoms with Crippen LogP contribution in [0.25, 0.3) is 0 Å². The lowest BCUT2D eigenvalue weighted by Gasteiger charge is -2.27. The van der Waals surface area contributed by atoms with Crippen LogP contribution >= 0.6 is 11.8 Å². The second-order valence-corrected chi connectivity index (χ2v) is 5.56. The minimum Gasteiger partial charge on any atom is -0.345 e. The number of aromatic nitrogens is 4. The maximum absolute atomic E-state index is 4.58. The van der Waals surface area contributed by atoms with Crippen molar-refractivity contribution in [3.05, 3.63) is 35.2 Å². The zero-order valence-corrected chi connectivity index (χ0v) is 12.0. The molecule has 0 saturated carbocycles. The van der Waals surface area contributed by atoms with Gasteiger partial charge in [0.1, 0.15) is 5.82 Å². The van der Waals surface area contributed by atoms with Crippen molar-refractivity contribution >= 4 is 11.8 Å². The predicted octanol–water partition coefficient (Wildman–Crippen LogP) is 1.79. The average Bonchev–Trinajstić information content (AvgIpc) is 2.83. The Morgan fingerprint density at radius 2 is 2.26 bits per heavy atom. The topological polar surface area (TPSA) is 57.7 Å². The molecule has 0 fully saturated rings. The number of thioether (sulfide) groups is 1. The third-order valence-electron chi connectivity index (χ3n) is 3.32. The monoisotopic (exact) mass is 275 g/mol. The summed E-state index contributed by atoms with van der Waals surface area (Å²) in [4.78, 5) is 18.9. The standard InChI is InChI=1S/C13H17N5S/c1-9-14-6-11(16-9)8-18-4-3-12-10(7-18)5-15-13(17-12)19-2/h5-6H,3-4,7-8H2,1-2H3,(H,14,16). The summed E-state index contributed by atoms with van der Waals surface area (Å²) in [7, 11) is 0. The summed E-state index contributed by atoms with van der Waals surface area (Å²) >= 11 is 1.60. The Labute approximate surface area is 116 Å². The third-order valence-corrected chi connectivity index (χ3v) is 3.88. The molecule has 1 aliphatic rings. The Kier molecular flexibility index (Phi) is 3.52. The van der Waals surface area contributed by atoms with Gasteiger partial charge in [-0.1, -0.05) is 11.8 Å². The number of H-pyrrole nitrogens is 1. The molecule has 0 amide bonds. The van der Waals surface area contributed by atoms with Crippen LogP contribution in [0.3, 0.4) is 0 Å². The number of nitrogens with zero attached hydrogens (tertiary/aromatic N) is 4. The van der Waals surface area contributed by atoms with Gasteiger partial charge < -0.3 is 4.98 Å². The lowest BCUT2D eigenvalue weighted by molar-refractivity contribution is 0.239. The number of hydrogen-bond acceptors (Lipinski definition) is 5. The molecule has 0 spiro atoms. The van der Waals surface area contributed by atoms with Crippen molar-refractivity contribution in [2.45, 2.75) is 31.6 Å². The molecule has 0 aliphatic carbocycles. The molecule has 0 radical (unpaired) electrons. The van der Waals surface area contributed by atoms with Crippen LogP contribution in [0.1, 0.15) is 22.8 Å². The highest BCUT2D eigenvalue weighted by molar-refractivity contribution is 7.98. The van der Waals surface area contributed by atoms with Gasteiger partial charge in [-0.3, -0.25) is 4.90 Å². The van der Waals surface area contributed by atoms with E-state index in [1.54, 1.807) is 11.8 Å². The summed E-state index contributed by atoms with van der Waals surface area (Å²) in [5.41, 5.74) is 3.62. The molecular formula is C13H17N5S. The molecule has 100 valence electrons. The highest BCUT2D eigenvalue weighted by Crippen LogP contribution is 2.20. The van der Waals surface area contributed by atoms with Gasteiger partial charge in [0.2, 0.25) is 0 Å². The molecule has 5 nitrogen and oxygen atoms in total. The minimum absolute atomic E-state index is 0.872. The highest BCUT2D eigenvalue weighted by atomic mass is 32.2.